The number of hydrogen-bond donors (Lipinski definition) is 2. The Bertz CT molecular complexity index is 1170. The minimum atomic E-state index is -0.781. The zero-order valence-corrected chi connectivity index (χ0v) is 19.3. The van der Waals surface area contributed by atoms with Crippen LogP contribution >= 0.6 is 23.4 Å². The van der Waals surface area contributed by atoms with E-state index in [1.54, 1.807) is 36.4 Å². The molecule has 0 unspecified atom stereocenters. The quantitative estimate of drug-likeness (QED) is 0.545. The first-order chi connectivity index (χ1) is 15.7. The van der Waals surface area contributed by atoms with Crippen LogP contribution < -0.4 is 20.5 Å². The molecule has 0 radical (unpaired) electrons. The first kappa shape index (κ1) is 24.1. The molecule has 1 fully saturated rings. The van der Waals surface area contributed by atoms with E-state index in [0.29, 0.717) is 39.5 Å². The Morgan fingerprint density at radius 2 is 1.94 bits per heavy atom. The molecule has 1 aliphatic rings. The number of benzene rings is 2. The van der Waals surface area contributed by atoms with E-state index < -0.39 is 23.6 Å². The summed E-state index contributed by atoms with van der Waals surface area (Å²) in [6.45, 7) is 1.11. The molecule has 33 heavy (non-hydrogen) atoms. The number of nitrogens with one attached hydrogen (secondary N) is 1. The highest BCUT2D eigenvalue weighted by atomic mass is 35.5. The van der Waals surface area contributed by atoms with Crippen molar-refractivity contribution < 1.29 is 28.7 Å². The van der Waals surface area contributed by atoms with Gasteiger partial charge in [-0.3, -0.25) is 24.1 Å². The fourth-order valence-corrected chi connectivity index (χ4v) is 3.87. The normalized spacial score (nSPS) is 14.5. The Hall–Kier alpha value is -3.50. The second kappa shape index (κ2) is 10.4. The Kier molecular flexibility index (Phi) is 7.62. The minimum Gasteiger partial charge on any atom is -0.493 e. The number of carbonyl (C=O) groups is 4. The number of amides is 4. The third-order valence-corrected chi connectivity index (χ3v) is 5.80. The summed E-state index contributed by atoms with van der Waals surface area (Å²) in [6.07, 6.45) is 1.49. The maximum absolute atomic E-state index is 12.3. The summed E-state index contributed by atoms with van der Waals surface area (Å²) in [5.41, 5.74) is 7.08. The number of nitrogens with zero attached hydrogens (tertiary/aromatic N) is 1. The lowest BCUT2D eigenvalue weighted by Crippen LogP contribution is -2.36. The summed E-state index contributed by atoms with van der Waals surface area (Å²) in [5, 5.41) is 2.66. The topological polar surface area (TPSA) is 128 Å². The van der Waals surface area contributed by atoms with E-state index in [9.17, 15) is 19.2 Å². The van der Waals surface area contributed by atoms with Gasteiger partial charge in [0.1, 0.15) is 6.54 Å². The van der Waals surface area contributed by atoms with Crippen LogP contribution in [0.3, 0.4) is 0 Å². The van der Waals surface area contributed by atoms with E-state index in [-0.39, 0.29) is 17.4 Å². The molecule has 2 aromatic carbocycles. The standard InChI is InChI=1S/C22H20ClN3O6S/c1-12-3-5-14(9-15(12)23)25-20(28)11-32-16-6-4-13(7-17(16)31-2)8-18-21(29)26(10-19(24)27)22(30)33-18/h3-9H,10-11H2,1-2H3,(H2,24,27)(H,25,28)/b18-8-. The van der Waals surface area contributed by atoms with Gasteiger partial charge < -0.3 is 20.5 Å². The van der Waals surface area contributed by atoms with Crippen LogP contribution in [0.2, 0.25) is 5.02 Å². The molecule has 3 rings (SSSR count). The summed E-state index contributed by atoms with van der Waals surface area (Å²) in [4.78, 5) is 48.5. The summed E-state index contributed by atoms with van der Waals surface area (Å²) >= 11 is 6.77. The van der Waals surface area contributed by atoms with Crippen molar-refractivity contribution in [2.75, 3.05) is 25.6 Å². The van der Waals surface area contributed by atoms with E-state index in [1.807, 2.05) is 6.92 Å². The predicted octanol–water partition coefficient (Wildman–Crippen LogP) is 3.20. The van der Waals surface area contributed by atoms with Gasteiger partial charge in [0.05, 0.1) is 12.0 Å². The van der Waals surface area contributed by atoms with Crippen LogP contribution in [0.1, 0.15) is 11.1 Å². The maximum Gasteiger partial charge on any atom is 0.294 e. The molecule has 3 N–H and O–H groups in total. The molecule has 1 heterocycles. The number of hydrogen-bond acceptors (Lipinski definition) is 7. The molecule has 0 spiro atoms. The number of rotatable bonds is 8. The molecular weight excluding hydrogens is 470 g/mol. The number of aryl methyl sites for hydroxylation is 1. The van der Waals surface area contributed by atoms with Crippen molar-refractivity contribution in [1.29, 1.82) is 0 Å². The van der Waals surface area contributed by atoms with Crippen LogP contribution in [-0.4, -0.2) is 48.1 Å². The summed E-state index contributed by atoms with van der Waals surface area (Å²) in [6, 6.07) is 9.99. The SMILES string of the molecule is COc1cc(/C=C2\SC(=O)N(CC(N)=O)C2=O)ccc1OCC(=O)Nc1ccc(C)c(Cl)c1. The molecule has 11 heteroatoms. The zero-order valence-electron chi connectivity index (χ0n) is 17.7. The van der Waals surface area contributed by atoms with Crippen LogP contribution in [0.5, 0.6) is 11.5 Å². The van der Waals surface area contributed by atoms with Gasteiger partial charge in [-0.25, -0.2) is 0 Å². The lowest BCUT2D eigenvalue weighted by atomic mass is 10.2. The van der Waals surface area contributed by atoms with Crippen LogP contribution in [0, 0.1) is 6.92 Å². The Morgan fingerprint density at radius 3 is 2.61 bits per heavy atom. The number of ether oxygens (including phenoxy) is 2. The van der Waals surface area contributed by atoms with Crippen LogP contribution in [0.4, 0.5) is 10.5 Å². The summed E-state index contributed by atoms with van der Waals surface area (Å²) < 4.78 is 10.9. The largest absolute Gasteiger partial charge is 0.493 e. The third-order valence-electron chi connectivity index (χ3n) is 4.49. The van der Waals surface area contributed by atoms with Crippen molar-refractivity contribution in [2.45, 2.75) is 6.92 Å². The highest BCUT2D eigenvalue weighted by molar-refractivity contribution is 8.18. The number of thioether (sulfide) groups is 1. The van der Waals surface area contributed by atoms with Crippen molar-refractivity contribution in [3.05, 3.63) is 57.5 Å². The average molecular weight is 490 g/mol. The van der Waals surface area contributed by atoms with Crippen LogP contribution in [0.25, 0.3) is 6.08 Å². The van der Waals surface area contributed by atoms with Crippen molar-refractivity contribution in [3.63, 3.8) is 0 Å². The number of primary amides is 1. The monoisotopic (exact) mass is 489 g/mol. The number of halogens is 1. The van der Waals surface area contributed by atoms with Crippen molar-refractivity contribution in [1.82, 2.24) is 4.90 Å². The molecule has 0 aliphatic carbocycles. The summed E-state index contributed by atoms with van der Waals surface area (Å²) in [5.74, 6) is -1.13. The van der Waals surface area contributed by atoms with Gasteiger partial charge in [-0.15, -0.1) is 0 Å². The van der Waals surface area contributed by atoms with Crippen molar-refractivity contribution in [2.24, 2.45) is 5.73 Å². The predicted molar refractivity (Wildman–Crippen MR) is 125 cm³/mol. The Morgan fingerprint density at radius 1 is 1.18 bits per heavy atom. The van der Waals surface area contributed by atoms with E-state index in [0.717, 1.165) is 10.5 Å². The highest BCUT2D eigenvalue weighted by Crippen LogP contribution is 2.34. The number of imide groups is 1. The molecular formula is C22H20ClN3O6S. The van der Waals surface area contributed by atoms with Crippen molar-refractivity contribution >= 4 is 58.1 Å². The molecule has 0 atom stereocenters. The van der Waals surface area contributed by atoms with Crippen LogP contribution in [0.15, 0.2) is 41.3 Å². The number of methoxy groups -OCH3 is 1. The molecule has 0 saturated carbocycles. The average Bonchev–Trinajstić information content (AvgIpc) is 3.02. The van der Waals surface area contributed by atoms with Gasteiger partial charge in [0, 0.05) is 10.7 Å². The highest BCUT2D eigenvalue weighted by Gasteiger charge is 2.35. The lowest BCUT2D eigenvalue weighted by Gasteiger charge is -2.12. The molecule has 9 nitrogen and oxygen atoms in total. The van der Waals surface area contributed by atoms with Gasteiger partial charge in [-0.05, 0) is 60.2 Å². The van der Waals surface area contributed by atoms with Gasteiger partial charge in [0.25, 0.3) is 17.1 Å². The Balaban J connectivity index is 1.67. The summed E-state index contributed by atoms with van der Waals surface area (Å²) in [7, 11) is 1.43. The molecule has 4 amide bonds. The molecule has 0 aromatic heterocycles. The fourth-order valence-electron chi connectivity index (χ4n) is 2.85. The number of carbonyl (C=O) groups excluding carboxylic acids is 4. The molecule has 1 saturated heterocycles. The molecule has 2 aromatic rings. The molecule has 0 bridgehead atoms. The molecule has 1 aliphatic heterocycles. The van der Waals surface area contributed by atoms with Gasteiger partial charge >= 0.3 is 0 Å². The van der Waals surface area contributed by atoms with Gasteiger partial charge in [-0.2, -0.15) is 0 Å². The van der Waals surface area contributed by atoms with E-state index in [2.05, 4.69) is 5.32 Å². The second-order valence-electron chi connectivity index (χ2n) is 6.95. The zero-order chi connectivity index (χ0) is 24.1. The smallest absolute Gasteiger partial charge is 0.294 e. The van der Waals surface area contributed by atoms with Crippen molar-refractivity contribution in [3.8, 4) is 11.5 Å². The first-order valence-electron chi connectivity index (χ1n) is 9.58. The lowest BCUT2D eigenvalue weighted by molar-refractivity contribution is -0.127. The first-order valence-corrected chi connectivity index (χ1v) is 10.8. The van der Waals surface area contributed by atoms with E-state index >= 15 is 0 Å². The Labute approximate surface area is 198 Å². The van der Waals surface area contributed by atoms with Crippen LogP contribution in [-0.2, 0) is 14.4 Å². The van der Waals surface area contributed by atoms with Gasteiger partial charge in [-0.1, -0.05) is 23.7 Å². The minimum absolute atomic E-state index is 0.146. The van der Waals surface area contributed by atoms with Gasteiger partial charge in [0.2, 0.25) is 5.91 Å². The fraction of sp³-hybridized carbons (Fsp3) is 0.182. The van der Waals surface area contributed by atoms with E-state index in [1.165, 1.54) is 13.2 Å². The number of anilines is 1. The second-order valence-corrected chi connectivity index (χ2v) is 8.35. The maximum atomic E-state index is 12.3. The molecule has 172 valence electrons. The third kappa shape index (κ3) is 6.05. The van der Waals surface area contributed by atoms with Gasteiger partial charge in [0.15, 0.2) is 18.1 Å². The number of nitrogens with two attached hydrogens (primary N) is 1. The van der Waals surface area contributed by atoms with E-state index in [4.69, 9.17) is 26.8 Å².